The molecular formula is C15H28N2O. The first-order valence-electron chi connectivity index (χ1n) is 7.22. The van der Waals surface area contributed by atoms with Crippen LogP contribution in [-0.4, -0.2) is 24.0 Å². The Kier molecular flexibility index (Phi) is 7.06. The van der Waals surface area contributed by atoms with Gasteiger partial charge in [-0.05, 0) is 38.9 Å². The van der Waals surface area contributed by atoms with E-state index in [9.17, 15) is 0 Å². The Morgan fingerprint density at radius 3 is 2.72 bits per heavy atom. The first-order chi connectivity index (χ1) is 8.72. The highest BCUT2D eigenvalue weighted by Crippen LogP contribution is 2.15. The highest BCUT2D eigenvalue weighted by Gasteiger charge is 2.14. The number of rotatable bonds is 9. The maximum Gasteiger partial charge on any atom is 0.122 e. The van der Waals surface area contributed by atoms with Crippen LogP contribution in [0.4, 0.5) is 0 Å². The molecule has 1 N–H and O–H groups in total. The van der Waals surface area contributed by atoms with Gasteiger partial charge in [-0.25, -0.2) is 0 Å². The quantitative estimate of drug-likeness (QED) is 0.683. The van der Waals surface area contributed by atoms with Gasteiger partial charge in [0.25, 0.3) is 0 Å². The predicted octanol–water partition coefficient (Wildman–Crippen LogP) is 3.40. The molecule has 1 heterocycles. The molecule has 104 valence electrons. The van der Waals surface area contributed by atoms with Crippen LogP contribution in [0.25, 0.3) is 0 Å². The Morgan fingerprint density at radius 2 is 2.11 bits per heavy atom. The second-order valence-electron chi connectivity index (χ2n) is 4.87. The number of nitrogens with one attached hydrogen (secondary N) is 1. The molecular weight excluding hydrogens is 224 g/mol. The zero-order valence-corrected chi connectivity index (χ0v) is 12.3. The first-order valence-corrected chi connectivity index (χ1v) is 7.22. The predicted molar refractivity (Wildman–Crippen MR) is 76.5 cm³/mol. The van der Waals surface area contributed by atoms with Crippen LogP contribution in [0.2, 0.25) is 0 Å². The molecule has 1 rings (SSSR count). The highest BCUT2D eigenvalue weighted by atomic mass is 16.3. The normalized spacial score (nSPS) is 13.2. The van der Waals surface area contributed by atoms with Gasteiger partial charge in [-0.2, -0.15) is 0 Å². The van der Waals surface area contributed by atoms with Gasteiger partial charge in [-0.3, -0.25) is 4.90 Å². The van der Waals surface area contributed by atoms with Crippen molar-refractivity contribution in [1.29, 1.82) is 0 Å². The molecule has 1 aromatic rings. The fourth-order valence-corrected chi connectivity index (χ4v) is 2.10. The molecule has 0 aliphatic carbocycles. The van der Waals surface area contributed by atoms with Crippen molar-refractivity contribution in [2.45, 2.75) is 59.7 Å². The average Bonchev–Trinajstić information content (AvgIpc) is 2.82. The molecule has 1 aromatic heterocycles. The topological polar surface area (TPSA) is 28.4 Å². The number of furan rings is 1. The van der Waals surface area contributed by atoms with Crippen molar-refractivity contribution in [2.24, 2.45) is 0 Å². The summed E-state index contributed by atoms with van der Waals surface area (Å²) in [5, 5.41) is 3.40. The highest BCUT2D eigenvalue weighted by molar-refractivity contribution is 5.17. The van der Waals surface area contributed by atoms with Gasteiger partial charge < -0.3 is 9.73 Å². The van der Waals surface area contributed by atoms with E-state index in [0.717, 1.165) is 38.4 Å². The largest absolute Gasteiger partial charge is 0.468 e. The second-order valence-corrected chi connectivity index (χ2v) is 4.87. The van der Waals surface area contributed by atoms with Gasteiger partial charge >= 0.3 is 0 Å². The fraction of sp³-hybridized carbons (Fsp3) is 0.733. The summed E-state index contributed by atoms with van der Waals surface area (Å²) in [4.78, 5) is 2.49. The Bertz CT molecular complexity index is 322. The van der Waals surface area contributed by atoms with E-state index in [0.29, 0.717) is 6.04 Å². The van der Waals surface area contributed by atoms with Gasteiger partial charge in [-0.1, -0.05) is 20.8 Å². The third kappa shape index (κ3) is 4.46. The Hall–Kier alpha value is -0.800. The van der Waals surface area contributed by atoms with Gasteiger partial charge in [0.15, 0.2) is 0 Å². The van der Waals surface area contributed by atoms with E-state index in [1.165, 1.54) is 12.0 Å². The van der Waals surface area contributed by atoms with Crippen LogP contribution >= 0.6 is 0 Å². The molecule has 0 saturated carbocycles. The summed E-state index contributed by atoms with van der Waals surface area (Å²) in [6.45, 7) is 12.9. The molecule has 0 bridgehead atoms. The van der Waals surface area contributed by atoms with Crippen LogP contribution in [0, 0.1) is 0 Å². The van der Waals surface area contributed by atoms with Crippen LogP contribution in [0.3, 0.4) is 0 Å². The van der Waals surface area contributed by atoms with Crippen molar-refractivity contribution in [1.82, 2.24) is 10.2 Å². The van der Waals surface area contributed by atoms with Crippen LogP contribution in [0.5, 0.6) is 0 Å². The minimum absolute atomic E-state index is 0.626. The van der Waals surface area contributed by atoms with Crippen molar-refractivity contribution in [2.75, 3.05) is 13.1 Å². The van der Waals surface area contributed by atoms with Crippen LogP contribution < -0.4 is 5.32 Å². The molecule has 1 unspecified atom stereocenters. The van der Waals surface area contributed by atoms with E-state index in [4.69, 9.17) is 4.42 Å². The smallest absolute Gasteiger partial charge is 0.122 e. The average molecular weight is 252 g/mol. The summed E-state index contributed by atoms with van der Waals surface area (Å²) in [5.41, 5.74) is 1.32. The second kappa shape index (κ2) is 8.33. The molecule has 3 heteroatoms. The number of nitrogens with zero attached hydrogens (tertiary/aromatic N) is 1. The third-order valence-electron chi connectivity index (χ3n) is 3.54. The zero-order chi connectivity index (χ0) is 13.4. The Balaban J connectivity index is 2.57. The van der Waals surface area contributed by atoms with Crippen LogP contribution in [0.15, 0.2) is 16.7 Å². The van der Waals surface area contributed by atoms with Crippen molar-refractivity contribution in [3.63, 3.8) is 0 Å². The summed E-state index contributed by atoms with van der Waals surface area (Å²) in [5.74, 6) is 1.09. The summed E-state index contributed by atoms with van der Waals surface area (Å²) >= 11 is 0. The standard InChI is InChI=1S/C15H28N2O/c1-5-9-16-11-15-14(8-10-18-15)12-17(7-3)13(4)6-2/h8,10,13,16H,5-7,9,11-12H2,1-4H3. The SMILES string of the molecule is CCCNCc1occc1CN(CC)C(C)CC. The summed E-state index contributed by atoms with van der Waals surface area (Å²) < 4.78 is 5.58. The first kappa shape index (κ1) is 15.3. The van der Waals surface area contributed by atoms with Crippen LogP contribution in [0.1, 0.15) is 51.9 Å². The van der Waals surface area contributed by atoms with Crippen molar-refractivity contribution in [3.05, 3.63) is 23.7 Å². The molecule has 0 spiro atoms. The zero-order valence-electron chi connectivity index (χ0n) is 12.3. The minimum atomic E-state index is 0.626. The Morgan fingerprint density at radius 1 is 1.33 bits per heavy atom. The maximum atomic E-state index is 5.58. The molecule has 0 radical (unpaired) electrons. The number of hydrogen-bond acceptors (Lipinski definition) is 3. The van der Waals surface area contributed by atoms with E-state index >= 15 is 0 Å². The molecule has 3 nitrogen and oxygen atoms in total. The summed E-state index contributed by atoms with van der Waals surface area (Å²) in [6, 6.07) is 2.73. The minimum Gasteiger partial charge on any atom is -0.468 e. The van der Waals surface area contributed by atoms with Gasteiger partial charge in [-0.15, -0.1) is 0 Å². The van der Waals surface area contributed by atoms with Gasteiger partial charge in [0, 0.05) is 18.2 Å². The van der Waals surface area contributed by atoms with E-state index in [1.807, 2.05) is 6.26 Å². The van der Waals surface area contributed by atoms with Gasteiger partial charge in [0.1, 0.15) is 5.76 Å². The molecule has 0 saturated heterocycles. The van der Waals surface area contributed by atoms with Crippen molar-refractivity contribution >= 4 is 0 Å². The van der Waals surface area contributed by atoms with E-state index in [2.05, 4.69) is 44.0 Å². The lowest BCUT2D eigenvalue weighted by atomic mass is 10.1. The van der Waals surface area contributed by atoms with E-state index < -0.39 is 0 Å². The molecule has 18 heavy (non-hydrogen) atoms. The number of hydrogen-bond donors (Lipinski definition) is 1. The lowest BCUT2D eigenvalue weighted by Crippen LogP contribution is -2.32. The lowest BCUT2D eigenvalue weighted by molar-refractivity contribution is 0.204. The van der Waals surface area contributed by atoms with E-state index in [1.54, 1.807) is 0 Å². The van der Waals surface area contributed by atoms with Crippen LogP contribution in [-0.2, 0) is 13.1 Å². The molecule has 0 aromatic carbocycles. The van der Waals surface area contributed by atoms with Gasteiger partial charge in [0.2, 0.25) is 0 Å². The van der Waals surface area contributed by atoms with Crippen molar-refractivity contribution in [3.8, 4) is 0 Å². The monoisotopic (exact) mass is 252 g/mol. The lowest BCUT2D eigenvalue weighted by Gasteiger charge is -2.26. The molecule has 0 amide bonds. The Labute approximate surface area is 112 Å². The fourth-order valence-electron chi connectivity index (χ4n) is 2.10. The molecule has 0 aliphatic heterocycles. The third-order valence-corrected chi connectivity index (χ3v) is 3.54. The van der Waals surface area contributed by atoms with Crippen molar-refractivity contribution < 1.29 is 4.42 Å². The molecule has 0 aliphatic rings. The summed E-state index contributed by atoms with van der Waals surface area (Å²) in [6.07, 6.45) is 4.15. The maximum absolute atomic E-state index is 5.58. The van der Waals surface area contributed by atoms with E-state index in [-0.39, 0.29) is 0 Å². The summed E-state index contributed by atoms with van der Waals surface area (Å²) in [7, 11) is 0. The molecule has 0 fully saturated rings. The van der Waals surface area contributed by atoms with Gasteiger partial charge in [0.05, 0.1) is 12.8 Å². The molecule has 1 atom stereocenters.